The van der Waals surface area contributed by atoms with E-state index in [1.807, 2.05) is 0 Å². The molecule has 0 aliphatic rings. The van der Waals surface area contributed by atoms with Crippen molar-refractivity contribution in [1.82, 2.24) is 0 Å². The average Bonchev–Trinajstić information content (AvgIpc) is 2.52. The third kappa shape index (κ3) is 3.62. The summed E-state index contributed by atoms with van der Waals surface area (Å²) in [6.07, 6.45) is -7.53. The van der Waals surface area contributed by atoms with Gasteiger partial charge < -0.3 is 0 Å². The van der Waals surface area contributed by atoms with Crippen LogP contribution in [-0.2, 0) is 16.0 Å². The Balaban J connectivity index is 3.67. The van der Waals surface area contributed by atoms with E-state index >= 15 is 0 Å². The van der Waals surface area contributed by atoms with Crippen LogP contribution in [0, 0.1) is 0 Å². The summed E-state index contributed by atoms with van der Waals surface area (Å²) in [6, 6.07) is -0.446. The van der Waals surface area contributed by atoms with Crippen molar-refractivity contribution in [3.63, 3.8) is 0 Å². The largest absolute Gasteiger partial charge is 0.460 e. The van der Waals surface area contributed by atoms with Crippen LogP contribution in [0.1, 0.15) is 5.56 Å². The average molecular weight is 476 g/mol. The van der Waals surface area contributed by atoms with Gasteiger partial charge in [0.15, 0.2) is 0 Å². The van der Waals surface area contributed by atoms with Gasteiger partial charge in [0.25, 0.3) is 10.1 Å². The molecule has 1 aromatic carbocycles. The zero-order valence-corrected chi connectivity index (χ0v) is 13.7. The third-order valence-electron chi connectivity index (χ3n) is 3.43. The lowest BCUT2D eigenvalue weighted by molar-refractivity contribution is -0.441. The van der Waals surface area contributed by atoms with E-state index in [2.05, 4.69) is 0 Å². The van der Waals surface area contributed by atoms with Gasteiger partial charge in [-0.25, -0.2) is 0 Å². The molecular weight excluding hydrogens is 471 g/mol. The number of halogens is 13. The summed E-state index contributed by atoms with van der Waals surface area (Å²) in [6.45, 7) is 0. The molecule has 1 N–H and O–H groups in total. The standard InChI is InChI=1S/C12H5F13O3S/c13-7(14,5-2-1-3-6(4-5)29(26,27)28)8(15,16)9(17,18)10(19,20)11(21,22)12(23,24)25/h1-4H,(H,26,27,28). The molecule has 0 heterocycles. The molecule has 1 rings (SSSR count). The van der Waals surface area contributed by atoms with Crippen molar-refractivity contribution in [3.05, 3.63) is 29.8 Å². The summed E-state index contributed by atoms with van der Waals surface area (Å²) in [5.74, 6) is -38.1. The lowest BCUT2D eigenvalue weighted by Crippen LogP contribution is -2.69. The Morgan fingerprint density at radius 2 is 1.07 bits per heavy atom. The normalized spacial score (nSPS) is 15.5. The molecule has 0 saturated carbocycles. The molecule has 0 bridgehead atoms. The molecule has 29 heavy (non-hydrogen) atoms. The van der Waals surface area contributed by atoms with Crippen LogP contribution in [0.4, 0.5) is 57.1 Å². The van der Waals surface area contributed by atoms with Gasteiger partial charge in [-0.1, -0.05) is 12.1 Å². The second-order valence-electron chi connectivity index (χ2n) is 5.37. The molecule has 0 amide bonds. The lowest BCUT2D eigenvalue weighted by Gasteiger charge is -2.39. The lowest BCUT2D eigenvalue weighted by atomic mass is 9.90. The van der Waals surface area contributed by atoms with Gasteiger partial charge in [-0.05, 0) is 12.1 Å². The number of alkyl halides is 13. The molecule has 0 unspecified atom stereocenters. The molecule has 0 spiro atoms. The molecule has 0 aliphatic heterocycles. The van der Waals surface area contributed by atoms with E-state index in [0.29, 0.717) is 0 Å². The Morgan fingerprint density at radius 3 is 1.45 bits per heavy atom. The molecule has 0 atom stereocenters. The highest BCUT2D eigenvalue weighted by Crippen LogP contribution is 2.62. The molecule has 0 aromatic heterocycles. The maximum Gasteiger partial charge on any atom is 0.460 e. The van der Waals surface area contributed by atoms with Crippen LogP contribution in [0.3, 0.4) is 0 Å². The van der Waals surface area contributed by atoms with E-state index in [4.69, 9.17) is 4.55 Å². The van der Waals surface area contributed by atoms with Crippen molar-refractivity contribution < 1.29 is 70.0 Å². The molecule has 0 saturated heterocycles. The predicted octanol–water partition coefficient (Wildman–Crippen LogP) is 5.13. The topological polar surface area (TPSA) is 54.4 Å². The summed E-state index contributed by atoms with van der Waals surface area (Å²) in [5, 5.41) is 0. The molecule has 1 aromatic rings. The fraction of sp³-hybridized carbons (Fsp3) is 0.500. The Morgan fingerprint density at radius 1 is 0.655 bits per heavy atom. The zero-order chi connectivity index (χ0) is 23.5. The summed E-state index contributed by atoms with van der Waals surface area (Å²) >= 11 is 0. The van der Waals surface area contributed by atoms with Gasteiger partial charge in [0.2, 0.25) is 0 Å². The number of hydrogen-bond acceptors (Lipinski definition) is 2. The van der Waals surface area contributed by atoms with E-state index in [0.717, 1.165) is 0 Å². The van der Waals surface area contributed by atoms with Crippen molar-refractivity contribution in [1.29, 1.82) is 0 Å². The Labute approximate surface area is 151 Å². The second kappa shape index (κ2) is 6.61. The number of hydrogen-bond donors (Lipinski definition) is 1. The smallest absolute Gasteiger partial charge is 0.282 e. The van der Waals surface area contributed by atoms with Gasteiger partial charge >= 0.3 is 35.8 Å². The zero-order valence-electron chi connectivity index (χ0n) is 12.9. The number of benzene rings is 1. The third-order valence-corrected chi connectivity index (χ3v) is 4.28. The van der Waals surface area contributed by atoms with Crippen molar-refractivity contribution in [2.75, 3.05) is 0 Å². The maximum absolute atomic E-state index is 13.8. The highest BCUT2D eigenvalue weighted by molar-refractivity contribution is 7.85. The Hall–Kier alpha value is -1.78. The highest BCUT2D eigenvalue weighted by atomic mass is 32.2. The first-order chi connectivity index (χ1) is 12.5. The first kappa shape index (κ1) is 25.3. The Bertz CT molecular complexity index is 873. The molecule has 3 nitrogen and oxygen atoms in total. The van der Waals surface area contributed by atoms with Gasteiger partial charge in [0.1, 0.15) is 0 Å². The van der Waals surface area contributed by atoms with Gasteiger partial charge in [0.05, 0.1) is 4.90 Å². The second-order valence-corrected chi connectivity index (χ2v) is 6.79. The van der Waals surface area contributed by atoms with E-state index < -0.39 is 62.4 Å². The van der Waals surface area contributed by atoms with Gasteiger partial charge in [-0.3, -0.25) is 4.55 Å². The van der Waals surface area contributed by atoms with Gasteiger partial charge in [-0.15, -0.1) is 0 Å². The van der Waals surface area contributed by atoms with Crippen molar-refractivity contribution >= 4 is 10.1 Å². The van der Waals surface area contributed by atoms with Crippen molar-refractivity contribution in [2.24, 2.45) is 0 Å². The van der Waals surface area contributed by atoms with Crippen molar-refractivity contribution in [2.45, 2.75) is 40.7 Å². The van der Waals surface area contributed by atoms with Crippen LogP contribution < -0.4 is 0 Å². The first-order valence-electron chi connectivity index (χ1n) is 6.50. The van der Waals surface area contributed by atoms with E-state index in [-0.39, 0.29) is 18.2 Å². The molecule has 0 fully saturated rings. The SMILES string of the molecule is O=S(=O)(O)c1cccc(C(F)(F)C(F)(F)C(F)(F)C(F)(F)C(F)(F)C(F)(F)F)c1. The summed E-state index contributed by atoms with van der Waals surface area (Å²) in [5.41, 5.74) is -2.51. The molecule has 17 heteroatoms. The number of rotatable bonds is 6. The first-order valence-corrected chi connectivity index (χ1v) is 7.94. The Kier molecular flexibility index (Phi) is 5.76. The fourth-order valence-corrected chi connectivity index (χ4v) is 2.33. The minimum absolute atomic E-state index is 0.142. The van der Waals surface area contributed by atoms with Crippen LogP contribution in [-0.4, -0.2) is 42.8 Å². The van der Waals surface area contributed by atoms with E-state index in [1.54, 1.807) is 0 Å². The maximum atomic E-state index is 13.8. The van der Waals surface area contributed by atoms with E-state index in [1.165, 1.54) is 0 Å². The minimum atomic E-state index is -8.06. The van der Waals surface area contributed by atoms with Crippen molar-refractivity contribution in [3.8, 4) is 0 Å². The predicted molar refractivity (Wildman–Crippen MR) is 66.0 cm³/mol. The molecular formula is C12H5F13O3S. The van der Waals surface area contributed by atoms with Crippen LogP contribution in [0.5, 0.6) is 0 Å². The van der Waals surface area contributed by atoms with Crippen LogP contribution in [0.25, 0.3) is 0 Å². The highest BCUT2D eigenvalue weighted by Gasteiger charge is 2.90. The summed E-state index contributed by atoms with van der Waals surface area (Å²) in [7, 11) is -5.42. The van der Waals surface area contributed by atoms with Gasteiger partial charge in [0, 0.05) is 5.56 Å². The van der Waals surface area contributed by atoms with Crippen LogP contribution >= 0.6 is 0 Å². The monoisotopic (exact) mass is 476 g/mol. The van der Waals surface area contributed by atoms with E-state index in [9.17, 15) is 65.5 Å². The van der Waals surface area contributed by atoms with Crippen LogP contribution in [0.15, 0.2) is 29.2 Å². The summed E-state index contributed by atoms with van der Waals surface area (Å²) < 4.78 is 199. The van der Waals surface area contributed by atoms with Gasteiger partial charge in [-0.2, -0.15) is 65.5 Å². The fourth-order valence-electron chi connectivity index (χ4n) is 1.80. The molecule has 0 aliphatic carbocycles. The van der Waals surface area contributed by atoms with Crippen LogP contribution in [0.2, 0.25) is 0 Å². The quantitative estimate of drug-likeness (QED) is 0.458. The molecule has 0 radical (unpaired) electrons. The molecule has 168 valence electrons. The minimum Gasteiger partial charge on any atom is -0.282 e. The summed E-state index contributed by atoms with van der Waals surface area (Å²) in [4.78, 5) is -1.62.